The first-order valence-electron chi connectivity index (χ1n) is 3.95. The van der Waals surface area contributed by atoms with E-state index in [1.165, 1.54) is 0 Å². The summed E-state index contributed by atoms with van der Waals surface area (Å²) in [5.41, 5.74) is 0. The number of hydrogen-bond donors (Lipinski definition) is 0. The molecule has 1 aliphatic carbocycles. The second-order valence-electron chi connectivity index (χ2n) is 2.88. The number of hydrogen-bond acceptors (Lipinski definition) is 8. The van der Waals surface area contributed by atoms with Gasteiger partial charge < -0.3 is 17.7 Å². The average molecular weight is 224 g/mol. The quantitative estimate of drug-likeness (QED) is 0.565. The van der Waals surface area contributed by atoms with E-state index in [0.29, 0.717) is 0 Å². The van der Waals surface area contributed by atoms with Crippen LogP contribution in [0.2, 0.25) is 0 Å². The Morgan fingerprint density at radius 3 is 1.19 bits per heavy atom. The zero-order valence-electron chi connectivity index (χ0n) is 7.27. The summed E-state index contributed by atoms with van der Waals surface area (Å²) in [6, 6.07) is 0. The molecule has 8 nitrogen and oxygen atoms in total. The Morgan fingerprint density at radius 2 is 0.812 bits per heavy atom. The Balaban J connectivity index is 2.49. The Bertz CT molecular complexity index is 668. The van der Waals surface area contributed by atoms with E-state index in [1.807, 2.05) is 0 Å². The molecule has 0 N–H and O–H groups in total. The van der Waals surface area contributed by atoms with E-state index in [-0.39, 0.29) is 0 Å². The average Bonchev–Trinajstić information content (AvgIpc) is 2.78. The van der Waals surface area contributed by atoms with Crippen molar-refractivity contribution < 1.29 is 27.3 Å². The topological polar surface area (TPSA) is 121 Å². The number of Topliss-reactive ketones (excluding diaryl/α,β-unsaturated/α-hetero) is 2. The van der Waals surface area contributed by atoms with Gasteiger partial charge in [0.25, 0.3) is 11.6 Å². The minimum Gasteiger partial charge on any atom is -0.386 e. The maximum absolute atomic E-state index is 11.4. The van der Waals surface area contributed by atoms with Crippen LogP contribution in [0.1, 0.15) is 21.1 Å². The Morgan fingerprint density at radius 1 is 0.500 bits per heavy atom. The first-order chi connectivity index (χ1) is 7.58. The van der Waals surface area contributed by atoms with Crippen molar-refractivity contribution in [2.24, 2.45) is 0 Å². The van der Waals surface area contributed by atoms with E-state index in [4.69, 9.17) is 0 Å². The van der Waals surface area contributed by atoms with Gasteiger partial charge in [0.1, 0.15) is 0 Å². The third-order valence-electron chi connectivity index (χ3n) is 1.98. The normalized spacial score (nSPS) is 13.8. The molecule has 0 bridgehead atoms. The molecule has 8 heteroatoms. The SMILES string of the molecule is O=C1C(=O)c2oc(=O)oc2-c2oc(=O)oc21. The molecule has 0 amide bonds. The molecule has 1 aliphatic rings. The fourth-order valence-corrected chi connectivity index (χ4v) is 1.36. The van der Waals surface area contributed by atoms with Crippen LogP contribution >= 0.6 is 0 Å². The molecule has 0 radical (unpaired) electrons. The van der Waals surface area contributed by atoms with Crippen LogP contribution in [0.3, 0.4) is 0 Å². The fraction of sp³-hybridized carbons (Fsp3) is 0. The van der Waals surface area contributed by atoms with E-state index in [9.17, 15) is 19.2 Å². The summed E-state index contributed by atoms with van der Waals surface area (Å²) in [6.45, 7) is 0. The van der Waals surface area contributed by atoms with Crippen molar-refractivity contribution in [1.29, 1.82) is 0 Å². The van der Waals surface area contributed by atoms with E-state index in [0.717, 1.165) is 0 Å². The second-order valence-corrected chi connectivity index (χ2v) is 2.88. The third-order valence-corrected chi connectivity index (χ3v) is 1.98. The lowest BCUT2D eigenvalue weighted by atomic mass is 10.0. The zero-order chi connectivity index (χ0) is 11.4. The summed E-state index contributed by atoms with van der Waals surface area (Å²) >= 11 is 0. The predicted molar refractivity (Wildman–Crippen MR) is 42.1 cm³/mol. The number of carbonyl (C=O) groups excluding carboxylic acids is 2. The molecule has 2 aromatic heterocycles. The first-order valence-corrected chi connectivity index (χ1v) is 3.95. The summed E-state index contributed by atoms with van der Waals surface area (Å²) in [4.78, 5) is 44.3. The highest BCUT2D eigenvalue weighted by Gasteiger charge is 2.42. The van der Waals surface area contributed by atoms with Crippen LogP contribution < -0.4 is 11.6 Å². The highest BCUT2D eigenvalue weighted by atomic mass is 16.6. The van der Waals surface area contributed by atoms with Crippen molar-refractivity contribution in [3.63, 3.8) is 0 Å². The maximum Gasteiger partial charge on any atom is 0.519 e. The number of fused-ring (bicyclic) bond motifs is 3. The Labute approximate surface area is 84.1 Å². The van der Waals surface area contributed by atoms with Crippen molar-refractivity contribution in [1.82, 2.24) is 0 Å². The standard InChI is InChI=1S/C8O8/c9-1-2(10)4-6(16-8(12)14-4)5-3(1)13-7(11)15-5. The van der Waals surface area contributed by atoms with E-state index in [2.05, 4.69) is 17.7 Å². The molecule has 80 valence electrons. The summed E-state index contributed by atoms with van der Waals surface area (Å²) < 4.78 is 17.7. The van der Waals surface area contributed by atoms with Gasteiger partial charge in [0.15, 0.2) is 0 Å². The van der Waals surface area contributed by atoms with Gasteiger partial charge in [0.05, 0.1) is 0 Å². The van der Waals surface area contributed by atoms with E-state index >= 15 is 0 Å². The summed E-state index contributed by atoms with van der Waals surface area (Å²) in [5, 5.41) is 0. The highest BCUT2D eigenvalue weighted by Crippen LogP contribution is 2.31. The van der Waals surface area contributed by atoms with Gasteiger partial charge in [-0.05, 0) is 0 Å². The van der Waals surface area contributed by atoms with Crippen molar-refractivity contribution in [2.45, 2.75) is 0 Å². The molecule has 0 unspecified atom stereocenters. The summed E-state index contributed by atoms with van der Waals surface area (Å²) in [5.74, 6) is -6.61. The van der Waals surface area contributed by atoms with Crippen molar-refractivity contribution in [3.8, 4) is 11.5 Å². The Kier molecular flexibility index (Phi) is 1.34. The van der Waals surface area contributed by atoms with Gasteiger partial charge in [-0.3, -0.25) is 9.59 Å². The zero-order valence-corrected chi connectivity index (χ0v) is 7.27. The number of carbonyl (C=O) groups is 2. The molecule has 0 saturated carbocycles. The van der Waals surface area contributed by atoms with E-state index in [1.54, 1.807) is 0 Å². The van der Waals surface area contributed by atoms with Crippen LogP contribution in [0.25, 0.3) is 11.5 Å². The molecular weight excluding hydrogens is 224 g/mol. The monoisotopic (exact) mass is 224 g/mol. The molecular formula is C8O8. The first kappa shape index (κ1) is 8.65. The highest BCUT2D eigenvalue weighted by molar-refractivity contribution is 6.51. The number of rotatable bonds is 0. The largest absolute Gasteiger partial charge is 0.519 e. The van der Waals surface area contributed by atoms with Gasteiger partial charge in [0.2, 0.25) is 23.0 Å². The van der Waals surface area contributed by atoms with Gasteiger partial charge in [-0.2, -0.15) is 0 Å². The number of ketones is 2. The lowest BCUT2D eigenvalue weighted by Gasteiger charge is -2.00. The molecule has 3 rings (SSSR count). The molecule has 0 atom stereocenters. The van der Waals surface area contributed by atoms with Crippen LogP contribution in [0.5, 0.6) is 0 Å². The molecule has 2 aromatic rings. The minimum absolute atomic E-state index is 0.407. The molecule has 16 heavy (non-hydrogen) atoms. The fourth-order valence-electron chi connectivity index (χ4n) is 1.36. The van der Waals surface area contributed by atoms with Crippen molar-refractivity contribution in [3.05, 3.63) is 32.8 Å². The molecule has 0 aromatic carbocycles. The summed E-state index contributed by atoms with van der Waals surface area (Å²) in [7, 11) is 0. The van der Waals surface area contributed by atoms with E-state index < -0.39 is 46.3 Å². The van der Waals surface area contributed by atoms with Gasteiger partial charge in [-0.15, -0.1) is 0 Å². The molecule has 0 aliphatic heterocycles. The van der Waals surface area contributed by atoms with Gasteiger partial charge >= 0.3 is 11.6 Å². The molecule has 2 heterocycles. The van der Waals surface area contributed by atoms with Gasteiger partial charge in [-0.1, -0.05) is 0 Å². The molecule has 0 fully saturated rings. The van der Waals surface area contributed by atoms with Crippen molar-refractivity contribution >= 4 is 11.6 Å². The van der Waals surface area contributed by atoms with Crippen LogP contribution in [0.4, 0.5) is 0 Å². The van der Waals surface area contributed by atoms with Crippen LogP contribution in [0.15, 0.2) is 27.3 Å². The Hall–Kier alpha value is -2.64. The van der Waals surface area contributed by atoms with Gasteiger partial charge in [0, 0.05) is 0 Å². The summed E-state index contributed by atoms with van der Waals surface area (Å²) in [6.07, 6.45) is 0. The lowest BCUT2D eigenvalue weighted by Crippen LogP contribution is -2.18. The van der Waals surface area contributed by atoms with Crippen LogP contribution in [-0.2, 0) is 0 Å². The smallest absolute Gasteiger partial charge is 0.386 e. The lowest BCUT2D eigenvalue weighted by molar-refractivity contribution is 0.0781. The minimum atomic E-state index is -1.18. The molecule has 0 spiro atoms. The van der Waals surface area contributed by atoms with Crippen LogP contribution in [-0.4, -0.2) is 11.6 Å². The third kappa shape index (κ3) is 0.874. The maximum atomic E-state index is 11.4. The van der Waals surface area contributed by atoms with Gasteiger partial charge in [-0.25, -0.2) is 9.59 Å². The van der Waals surface area contributed by atoms with Crippen LogP contribution in [0, 0.1) is 0 Å². The molecule has 0 saturated heterocycles. The van der Waals surface area contributed by atoms with Crippen molar-refractivity contribution in [2.75, 3.05) is 0 Å². The predicted octanol–water partition coefficient (Wildman–Crippen LogP) is -0.175. The second kappa shape index (κ2) is 2.48.